The quantitative estimate of drug-likeness (QED) is 0.670. The molecule has 0 saturated carbocycles. The third kappa shape index (κ3) is 3.42. The van der Waals surface area contributed by atoms with Crippen LogP contribution in [-0.2, 0) is 6.61 Å². The number of hydrogen-bond acceptors (Lipinski definition) is 6. The molecule has 0 bridgehead atoms. The Morgan fingerprint density at radius 2 is 2.10 bits per heavy atom. The summed E-state index contributed by atoms with van der Waals surface area (Å²) in [6, 6.07) is 13.7. The van der Waals surface area contributed by atoms with Crippen molar-refractivity contribution >= 4 is 0 Å². The van der Waals surface area contributed by atoms with Crippen LogP contribution in [0, 0.1) is 24.1 Å². The maximum absolute atomic E-state index is 13.4. The fraction of sp³-hybridized carbons (Fsp3) is 0.182. The van der Waals surface area contributed by atoms with Crippen molar-refractivity contribution in [2.24, 2.45) is 5.73 Å². The first kappa shape index (κ1) is 19.3. The minimum atomic E-state index is -0.455. The van der Waals surface area contributed by atoms with E-state index in [0.717, 1.165) is 16.8 Å². The van der Waals surface area contributed by atoms with Gasteiger partial charge < -0.3 is 19.9 Å². The van der Waals surface area contributed by atoms with Gasteiger partial charge in [0.25, 0.3) is 0 Å². The van der Waals surface area contributed by atoms with E-state index in [4.69, 9.17) is 19.9 Å². The van der Waals surface area contributed by atoms with Crippen molar-refractivity contribution in [3.8, 4) is 23.4 Å². The van der Waals surface area contributed by atoms with Crippen molar-refractivity contribution in [3.05, 3.63) is 82.1 Å². The predicted octanol–water partition coefficient (Wildman–Crippen LogP) is 3.66. The summed E-state index contributed by atoms with van der Waals surface area (Å²) in [7, 11) is 1.53. The molecule has 152 valence electrons. The van der Waals surface area contributed by atoms with E-state index in [0.29, 0.717) is 28.5 Å². The lowest BCUT2D eigenvalue weighted by molar-refractivity contribution is 0.284. The van der Waals surface area contributed by atoms with Gasteiger partial charge in [-0.25, -0.2) is 4.39 Å². The minimum absolute atomic E-state index is 0.0203. The maximum atomic E-state index is 13.4. The van der Waals surface area contributed by atoms with Gasteiger partial charge in [-0.2, -0.15) is 5.26 Å². The van der Waals surface area contributed by atoms with Crippen LogP contribution in [-0.4, -0.2) is 17.3 Å². The molecule has 8 heteroatoms. The van der Waals surface area contributed by atoms with Gasteiger partial charge in [-0.15, -0.1) is 5.10 Å². The van der Waals surface area contributed by atoms with Gasteiger partial charge in [-0.3, -0.25) is 5.10 Å². The second-order valence-electron chi connectivity index (χ2n) is 6.82. The van der Waals surface area contributed by atoms with E-state index in [-0.39, 0.29) is 18.3 Å². The van der Waals surface area contributed by atoms with Crippen LogP contribution in [0.15, 0.2) is 53.9 Å². The molecule has 1 aromatic heterocycles. The highest BCUT2D eigenvalue weighted by Gasteiger charge is 2.34. The molecule has 2 heterocycles. The van der Waals surface area contributed by atoms with Gasteiger partial charge >= 0.3 is 0 Å². The Labute approximate surface area is 172 Å². The SMILES string of the molecule is COc1cc([C@@H]2C(C#N)=C(N)Oc3n[nH]c(C)c32)ccc1OCc1cccc(F)c1. The molecule has 2 aromatic carbocycles. The van der Waals surface area contributed by atoms with Crippen LogP contribution in [0.1, 0.15) is 28.3 Å². The number of nitrogens with one attached hydrogen (secondary N) is 1. The molecule has 3 N–H and O–H groups in total. The minimum Gasteiger partial charge on any atom is -0.493 e. The van der Waals surface area contributed by atoms with E-state index in [1.807, 2.05) is 13.0 Å². The van der Waals surface area contributed by atoms with Crippen molar-refractivity contribution in [1.29, 1.82) is 5.26 Å². The zero-order chi connectivity index (χ0) is 21.3. The van der Waals surface area contributed by atoms with Crippen molar-refractivity contribution in [3.63, 3.8) is 0 Å². The maximum Gasteiger partial charge on any atom is 0.244 e. The lowest BCUT2D eigenvalue weighted by atomic mass is 9.84. The Kier molecular flexibility index (Phi) is 5.02. The first-order chi connectivity index (χ1) is 14.5. The molecule has 0 unspecified atom stereocenters. The summed E-state index contributed by atoms with van der Waals surface area (Å²) in [4.78, 5) is 0. The molecular weight excluding hydrogens is 387 g/mol. The number of nitrogens with two attached hydrogens (primary N) is 1. The number of aryl methyl sites for hydroxylation is 1. The molecular formula is C22H19FN4O3. The number of nitriles is 1. The molecule has 1 atom stereocenters. The van der Waals surface area contributed by atoms with Crippen LogP contribution < -0.4 is 19.9 Å². The van der Waals surface area contributed by atoms with E-state index in [1.165, 1.54) is 19.2 Å². The highest BCUT2D eigenvalue weighted by atomic mass is 19.1. The van der Waals surface area contributed by atoms with Crippen LogP contribution in [0.3, 0.4) is 0 Å². The van der Waals surface area contributed by atoms with E-state index >= 15 is 0 Å². The number of hydrogen-bond donors (Lipinski definition) is 2. The van der Waals surface area contributed by atoms with E-state index < -0.39 is 5.92 Å². The first-order valence-electron chi connectivity index (χ1n) is 9.19. The van der Waals surface area contributed by atoms with E-state index in [9.17, 15) is 9.65 Å². The molecule has 0 spiro atoms. The largest absolute Gasteiger partial charge is 0.493 e. The summed E-state index contributed by atoms with van der Waals surface area (Å²) in [5.74, 6) is 0.568. The smallest absolute Gasteiger partial charge is 0.244 e. The second kappa shape index (κ2) is 7.79. The predicted molar refractivity (Wildman–Crippen MR) is 106 cm³/mol. The summed E-state index contributed by atoms with van der Waals surface area (Å²) < 4.78 is 30.2. The molecule has 7 nitrogen and oxygen atoms in total. The molecule has 0 radical (unpaired) electrons. The average molecular weight is 406 g/mol. The summed E-state index contributed by atoms with van der Waals surface area (Å²) in [6.45, 7) is 2.04. The van der Waals surface area contributed by atoms with Crippen molar-refractivity contribution in [1.82, 2.24) is 10.2 Å². The number of benzene rings is 2. The fourth-order valence-corrected chi connectivity index (χ4v) is 3.50. The number of aromatic nitrogens is 2. The number of nitrogens with zero attached hydrogens (tertiary/aromatic N) is 2. The Bertz CT molecular complexity index is 1180. The van der Waals surface area contributed by atoms with Crippen LogP contribution in [0.4, 0.5) is 4.39 Å². The van der Waals surface area contributed by atoms with Crippen LogP contribution in [0.25, 0.3) is 0 Å². The van der Waals surface area contributed by atoms with Crippen molar-refractivity contribution in [2.45, 2.75) is 19.4 Å². The number of fused-ring (bicyclic) bond motifs is 1. The summed E-state index contributed by atoms with van der Waals surface area (Å²) in [5.41, 5.74) is 9.26. The number of aromatic amines is 1. The Morgan fingerprint density at radius 1 is 1.27 bits per heavy atom. The second-order valence-corrected chi connectivity index (χ2v) is 6.82. The van der Waals surface area contributed by atoms with Crippen molar-refractivity contribution < 1.29 is 18.6 Å². The lowest BCUT2D eigenvalue weighted by Gasteiger charge is -2.24. The Balaban J connectivity index is 1.69. The Hall–Kier alpha value is -3.99. The molecule has 3 aromatic rings. The van der Waals surface area contributed by atoms with Gasteiger partial charge in [0.2, 0.25) is 11.8 Å². The van der Waals surface area contributed by atoms with Crippen LogP contribution in [0.5, 0.6) is 17.4 Å². The molecule has 0 amide bonds. The monoisotopic (exact) mass is 406 g/mol. The standard InChI is InChI=1S/C22H19FN4O3/c1-12-19-20(16(10-24)21(25)30-22(19)27-26-12)14-6-7-17(18(9-14)28-2)29-11-13-4-3-5-15(23)8-13/h3-9,20H,11,25H2,1-2H3,(H,26,27)/t20-/m1/s1. The summed E-state index contributed by atoms with van der Waals surface area (Å²) in [5, 5.41) is 16.7. The van der Waals surface area contributed by atoms with E-state index in [1.54, 1.807) is 24.3 Å². The topological polar surface area (TPSA) is 106 Å². The van der Waals surface area contributed by atoms with Crippen molar-refractivity contribution in [2.75, 3.05) is 7.11 Å². The van der Waals surface area contributed by atoms with Gasteiger partial charge in [-0.1, -0.05) is 18.2 Å². The number of H-pyrrole nitrogens is 1. The molecule has 30 heavy (non-hydrogen) atoms. The normalized spacial score (nSPS) is 15.2. The number of rotatable bonds is 5. The zero-order valence-corrected chi connectivity index (χ0v) is 16.4. The average Bonchev–Trinajstić information content (AvgIpc) is 3.11. The van der Waals surface area contributed by atoms with Crippen LogP contribution in [0.2, 0.25) is 0 Å². The highest BCUT2D eigenvalue weighted by molar-refractivity contribution is 5.57. The number of ether oxygens (including phenoxy) is 3. The number of halogens is 1. The third-order valence-corrected chi connectivity index (χ3v) is 4.93. The van der Waals surface area contributed by atoms with Gasteiger partial charge in [0.1, 0.15) is 24.1 Å². The van der Waals surface area contributed by atoms with Gasteiger partial charge in [0.05, 0.1) is 13.0 Å². The summed E-state index contributed by atoms with van der Waals surface area (Å²) >= 11 is 0. The molecule has 0 fully saturated rings. The molecule has 0 aliphatic carbocycles. The molecule has 4 rings (SSSR count). The van der Waals surface area contributed by atoms with Gasteiger partial charge in [0, 0.05) is 11.3 Å². The molecule has 1 aliphatic rings. The third-order valence-electron chi connectivity index (χ3n) is 4.93. The molecule has 0 saturated heterocycles. The number of methoxy groups -OCH3 is 1. The number of allylic oxidation sites excluding steroid dienone is 1. The van der Waals surface area contributed by atoms with E-state index in [2.05, 4.69) is 16.3 Å². The first-order valence-corrected chi connectivity index (χ1v) is 9.19. The lowest BCUT2D eigenvalue weighted by Crippen LogP contribution is -2.21. The zero-order valence-electron chi connectivity index (χ0n) is 16.4. The molecule has 1 aliphatic heterocycles. The summed E-state index contributed by atoms with van der Waals surface area (Å²) in [6.07, 6.45) is 0. The Morgan fingerprint density at radius 3 is 2.83 bits per heavy atom. The highest BCUT2D eigenvalue weighted by Crippen LogP contribution is 2.44. The van der Waals surface area contributed by atoms with Gasteiger partial charge in [0.15, 0.2) is 11.5 Å². The fourth-order valence-electron chi connectivity index (χ4n) is 3.50. The van der Waals surface area contributed by atoms with Gasteiger partial charge in [-0.05, 0) is 42.3 Å². The van der Waals surface area contributed by atoms with Crippen LogP contribution >= 0.6 is 0 Å².